The fourth-order valence-corrected chi connectivity index (χ4v) is 4.63. The van der Waals surface area contributed by atoms with Crippen LogP contribution in [0.3, 0.4) is 0 Å². The predicted molar refractivity (Wildman–Crippen MR) is 127 cm³/mol. The zero-order valence-corrected chi connectivity index (χ0v) is 19.3. The van der Waals surface area contributed by atoms with Crippen molar-refractivity contribution in [3.63, 3.8) is 0 Å². The molecule has 2 aromatic carbocycles. The number of carbonyl (C=O) groups is 1. The van der Waals surface area contributed by atoms with E-state index in [2.05, 4.69) is 33.7 Å². The van der Waals surface area contributed by atoms with Crippen LogP contribution in [0.5, 0.6) is 5.75 Å². The number of thioether (sulfide) groups is 1. The van der Waals surface area contributed by atoms with Crippen LogP contribution in [0.15, 0.2) is 47.6 Å². The maximum absolute atomic E-state index is 12.5. The Morgan fingerprint density at radius 3 is 2.66 bits per heavy atom. The molecule has 0 unspecified atom stereocenters. The van der Waals surface area contributed by atoms with Gasteiger partial charge in [-0.25, -0.2) is 4.68 Å². The third-order valence-electron chi connectivity index (χ3n) is 5.67. The van der Waals surface area contributed by atoms with E-state index in [9.17, 15) is 4.79 Å². The number of nitrogens with two attached hydrogens (primary N) is 1. The highest BCUT2D eigenvalue weighted by molar-refractivity contribution is 7.99. The molecule has 3 aromatic rings. The normalized spacial score (nSPS) is 13.9. The first kappa shape index (κ1) is 22.2. The summed E-state index contributed by atoms with van der Waals surface area (Å²) in [6, 6.07) is 14.0. The van der Waals surface area contributed by atoms with Crippen molar-refractivity contribution in [3.05, 3.63) is 59.2 Å². The molecule has 1 heterocycles. The summed E-state index contributed by atoms with van der Waals surface area (Å²) in [4.78, 5) is 12.5. The Balaban J connectivity index is 1.34. The van der Waals surface area contributed by atoms with Gasteiger partial charge >= 0.3 is 0 Å². The standard InChI is InChI=1S/C24H29N5O2S/c1-3-31-21-12-10-18(11-13-21)23-27-28-24(29(23)25)32-15-22(30)26-16(2)19-9-8-17-6-4-5-7-20(17)14-19/h8-14,16H,3-7,15,25H2,1-2H3,(H,26,30)/t16-/m1/s1. The summed E-state index contributed by atoms with van der Waals surface area (Å²) in [6.07, 6.45) is 4.79. The highest BCUT2D eigenvalue weighted by Gasteiger charge is 2.17. The van der Waals surface area contributed by atoms with Gasteiger partial charge < -0.3 is 15.9 Å². The minimum atomic E-state index is -0.0640. The molecule has 32 heavy (non-hydrogen) atoms. The lowest BCUT2D eigenvalue weighted by Gasteiger charge is -2.20. The van der Waals surface area contributed by atoms with Gasteiger partial charge in [0.1, 0.15) is 5.75 Å². The van der Waals surface area contributed by atoms with Crippen LogP contribution in [0.1, 0.15) is 49.4 Å². The number of ether oxygens (including phenoxy) is 1. The van der Waals surface area contributed by atoms with Gasteiger partial charge in [-0.3, -0.25) is 4.79 Å². The van der Waals surface area contributed by atoms with Crippen LogP contribution in [-0.2, 0) is 17.6 Å². The molecule has 3 N–H and O–H groups in total. The molecule has 0 bridgehead atoms. The van der Waals surface area contributed by atoms with E-state index in [0.717, 1.165) is 29.7 Å². The Morgan fingerprint density at radius 1 is 1.16 bits per heavy atom. The zero-order chi connectivity index (χ0) is 22.5. The van der Waals surface area contributed by atoms with Gasteiger partial charge in [0, 0.05) is 5.56 Å². The molecule has 1 aromatic heterocycles. The molecule has 1 aliphatic carbocycles. The van der Waals surface area contributed by atoms with Crippen LogP contribution in [0.2, 0.25) is 0 Å². The highest BCUT2D eigenvalue weighted by atomic mass is 32.2. The highest BCUT2D eigenvalue weighted by Crippen LogP contribution is 2.26. The van der Waals surface area contributed by atoms with E-state index in [0.29, 0.717) is 17.6 Å². The molecule has 1 aliphatic rings. The van der Waals surface area contributed by atoms with Crippen molar-refractivity contribution in [2.45, 2.75) is 50.7 Å². The molecular weight excluding hydrogens is 422 g/mol. The topological polar surface area (TPSA) is 95.1 Å². The molecule has 0 spiro atoms. The summed E-state index contributed by atoms with van der Waals surface area (Å²) >= 11 is 1.27. The molecule has 0 saturated carbocycles. The summed E-state index contributed by atoms with van der Waals surface area (Å²) in [6.45, 7) is 4.57. The van der Waals surface area contributed by atoms with E-state index in [-0.39, 0.29) is 17.7 Å². The Kier molecular flexibility index (Phi) is 6.99. The van der Waals surface area contributed by atoms with Crippen LogP contribution in [0, 0.1) is 0 Å². The van der Waals surface area contributed by atoms with Gasteiger partial charge in [-0.1, -0.05) is 30.0 Å². The molecule has 0 radical (unpaired) electrons. The second-order valence-corrected chi connectivity index (χ2v) is 8.89. The minimum Gasteiger partial charge on any atom is -0.494 e. The number of aromatic nitrogens is 3. The van der Waals surface area contributed by atoms with Gasteiger partial charge in [0.05, 0.1) is 18.4 Å². The molecule has 0 saturated heterocycles. The van der Waals surface area contributed by atoms with Crippen molar-refractivity contribution >= 4 is 17.7 Å². The van der Waals surface area contributed by atoms with Crippen LogP contribution >= 0.6 is 11.8 Å². The van der Waals surface area contributed by atoms with Gasteiger partial charge in [0.2, 0.25) is 11.1 Å². The van der Waals surface area contributed by atoms with Crippen LogP contribution in [0.4, 0.5) is 0 Å². The summed E-state index contributed by atoms with van der Waals surface area (Å²) < 4.78 is 6.88. The Bertz CT molecular complexity index is 1080. The van der Waals surface area contributed by atoms with Crippen LogP contribution in [-0.4, -0.2) is 33.1 Å². The largest absolute Gasteiger partial charge is 0.494 e. The molecule has 168 valence electrons. The first-order chi connectivity index (χ1) is 15.5. The van der Waals surface area contributed by atoms with Crippen molar-refractivity contribution in [2.75, 3.05) is 18.2 Å². The number of nitrogens with one attached hydrogen (secondary N) is 1. The monoisotopic (exact) mass is 451 g/mol. The second-order valence-electron chi connectivity index (χ2n) is 7.95. The number of nitrogen functional groups attached to an aromatic ring is 1. The molecule has 0 aliphatic heterocycles. The lowest BCUT2D eigenvalue weighted by molar-refractivity contribution is -0.119. The average molecular weight is 452 g/mol. The molecule has 1 amide bonds. The van der Waals surface area contributed by atoms with Gasteiger partial charge in [0.25, 0.3) is 0 Å². The van der Waals surface area contributed by atoms with E-state index in [1.807, 2.05) is 38.1 Å². The van der Waals surface area contributed by atoms with Crippen molar-refractivity contribution in [1.29, 1.82) is 0 Å². The Hall–Kier alpha value is -3.00. The van der Waals surface area contributed by atoms with E-state index < -0.39 is 0 Å². The molecule has 0 fully saturated rings. The van der Waals surface area contributed by atoms with E-state index >= 15 is 0 Å². The first-order valence-corrected chi connectivity index (χ1v) is 12.0. The number of hydrogen-bond donors (Lipinski definition) is 2. The maximum atomic E-state index is 12.5. The third kappa shape index (κ3) is 5.07. The van der Waals surface area contributed by atoms with Crippen molar-refractivity contribution < 1.29 is 9.53 Å². The molecule has 1 atom stereocenters. The Morgan fingerprint density at radius 2 is 1.91 bits per heavy atom. The molecule has 4 rings (SSSR count). The lowest BCUT2D eigenvalue weighted by Crippen LogP contribution is -2.28. The Labute approximate surface area is 192 Å². The fourth-order valence-electron chi connectivity index (χ4n) is 3.96. The quantitative estimate of drug-likeness (QED) is 0.398. The second kappa shape index (κ2) is 10.1. The fraction of sp³-hybridized carbons (Fsp3) is 0.375. The number of rotatable bonds is 8. The summed E-state index contributed by atoms with van der Waals surface area (Å²) in [5.74, 6) is 7.67. The van der Waals surface area contributed by atoms with E-state index in [4.69, 9.17) is 10.6 Å². The van der Waals surface area contributed by atoms with Gasteiger partial charge in [0.15, 0.2) is 5.82 Å². The number of hydrogen-bond acceptors (Lipinski definition) is 6. The smallest absolute Gasteiger partial charge is 0.230 e. The lowest BCUT2D eigenvalue weighted by atomic mass is 9.89. The van der Waals surface area contributed by atoms with Gasteiger partial charge in [-0.2, -0.15) is 0 Å². The summed E-state index contributed by atoms with van der Waals surface area (Å²) in [5, 5.41) is 11.9. The molecule has 8 heteroatoms. The number of aryl methyl sites for hydroxylation is 2. The van der Waals surface area contributed by atoms with Crippen LogP contribution < -0.4 is 15.9 Å². The number of nitrogens with zero attached hydrogens (tertiary/aromatic N) is 3. The van der Waals surface area contributed by atoms with Crippen molar-refractivity contribution in [3.8, 4) is 17.1 Å². The van der Waals surface area contributed by atoms with Crippen molar-refractivity contribution in [1.82, 2.24) is 20.2 Å². The van der Waals surface area contributed by atoms with Crippen molar-refractivity contribution in [2.24, 2.45) is 0 Å². The van der Waals surface area contributed by atoms with E-state index in [1.54, 1.807) is 0 Å². The van der Waals surface area contributed by atoms with Gasteiger partial charge in [-0.05, 0) is 80.5 Å². The molecular formula is C24H29N5O2S. The summed E-state index contributed by atoms with van der Waals surface area (Å²) in [5.41, 5.74) is 4.84. The van der Waals surface area contributed by atoms with Crippen LogP contribution in [0.25, 0.3) is 11.4 Å². The number of benzene rings is 2. The summed E-state index contributed by atoms with van der Waals surface area (Å²) in [7, 11) is 0. The first-order valence-electron chi connectivity index (χ1n) is 11.0. The SMILES string of the molecule is CCOc1ccc(-c2nnc(SCC(=O)N[C@H](C)c3ccc4c(c3)CCCC4)n2N)cc1. The van der Waals surface area contributed by atoms with E-state index in [1.165, 1.54) is 40.4 Å². The minimum absolute atomic E-state index is 0.0505. The number of carbonyl (C=O) groups excluding carboxylic acids is 1. The third-order valence-corrected chi connectivity index (χ3v) is 6.61. The number of fused-ring (bicyclic) bond motifs is 1. The van der Waals surface area contributed by atoms with Gasteiger partial charge in [-0.15, -0.1) is 10.2 Å². The maximum Gasteiger partial charge on any atom is 0.230 e. The average Bonchev–Trinajstić information content (AvgIpc) is 3.18. The number of amides is 1. The zero-order valence-electron chi connectivity index (χ0n) is 18.5. The predicted octanol–water partition coefficient (Wildman–Crippen LogP) is 3.91. The molecule has 7 nitrogen and oxygen atoms in total.